The van der Waals surface area contributed by atoms with Gasteiger partial charge in [0.2, 0.25) is 0 Å². The van der Waals surface area contributed by atoms with Crippen LogP contribution in [-0.4, -0.2) is 71.2 Å². The Hall–Kier alpha value is -2.98. The summed E-state index contributed by atoms with van der Waals surface area (Å²) in [6.45, 7) is 8.90. The van der Waals surface area contributed by atoms with Crippen molar-refractivity contribution in [2.45, 2.75) is 90.0 Å². The predicted octanol–water partition coefficient (Wildman–Crippen LogP) is 2.59. The lowest BCUT2D eigenvalue weighted by Crippen LogP contribution is -2.76. The molecule has 1 heterocycles. The zero-order chi connectivity index (χ0) is 28.0. The molecule has 4 rings (SSSR count). The van der Waals surface area contributed by atoms with Crippen LogP contribution in [0.1, 0.15) is 64.7 Å². The highest BCUT2D eigenvalue weighted by Gasteiger charge is 2.80. The Labute approximate surface area is 221 Å². The maximum absolute atomic E-state index is 13.5. The van der Waals surface area contributed by atoms with Crippen LogP contribution < -0.4 is 0 Å². The summed E-state index contributed by atoms with van der Waals surface area (Å²) in [7, 11) is 0. The minimum atomic E-state index is -1.60. The summed E-state index contributed by atoms with van der Waals surface area (Å²) in [4.78, 5) is 50.4. The fourth-order valence-electron chi connectivity index (χ4n) is 7.02. The van der Waals surface area contributed by atoms with Crippen LogP contribution in [0.5, 0.6) is 0 Å². The van der Waals surface area contributed by atoms with Crippen molar-refractivity contribution in [1.82, 2.24) is 0 Å². The molecule has 2 bridgehead atoms. The maximum atomic E-state index is 13.5. The van der Waals surface area contributed by atoms with E-state index in [1.807, 2.05) is 20.8 Å². The van der Waals surface area contributed by atoms with E-state index in [1.165, 1.54) is 20.8 Å². The van der Waals surface area contributed by atoms with E-state index in [2.05, 4.69) is 0 Å². The lowest BCUT2D eigenvalue weighted by Gasteiger charge is -2.62. The quantitative estimate of drug-likeness (QED) is 0.430. The molecule has 1 spiro atoms. The van der Waals surface area contributed by atoms with E-state index in [0.29, 0.717) is 6.42 Å². The molecule has 0 unspecified atom stereocenters. The van der Waals surface area contributed by atoms with E-state index in [-0.39, 0.29) is 17.9 Å². The number of carbonyl (C=O) groups is 4. The summed E-state index contributed by atoms with van der Waals surface area (Å²) < 4.78 is 30.2. The molecule has 38 heavy (non-hydrogen) atoms. The van der Waals surface area contributed by atoms with Crippen LogP contribution in [0.4, 0.5) is 0 Å². The first kappa shape index (κ1) is 28.0. The third kappa shape index (κ3) is 4.47. The first-order valence-electron chi connectivity index (χ1n) is 12.9. The van der Waals surface area contributed by atoms with Crippen LogP contribution in [0.25, 0.3) is 0 Å². The summed E-state index contributed by atoms with van der Waals surface area (Å²) in [5.74, 6) is -3.38. The van der Waals surface area contributed by atoms with Crippen molar-refractivity contribution in [3.63, 3.8) is 0 Å². The second-order valence-electron chi connectivity index (χ2n) is 11.2. The Balaban J connectivity index is 1.99. The van der Waals surface area contributed by atoms with Crippen molar-refractivity contribution in [3.05, 3.63) is 35.9 Å². The van der Waals surface area contributed by atoms with Crippen molar-refractivity contribution in [2.24, 2.45) is 17.3 Å². The smallest absolute Gasteiger partial charge is 0.338 e. The summed E-state index contributed by atoms with van der Waals surface area (Å²) in [5, 5.41) is 11.3. The van der Waals surface area contributed by atoms with Crippen molar-refractivity contribution < 1.29 is 48.0 Å². The highest BCUT2D eigenvalue weighted by Crippen LogP contribution is 2.67. The summed E-state index contributed by atoms with van der Waals surface area (Å²) in [5.41, 5.74) is -3.38. The summed E-state index contributed by atoms with van der Waals surface area (Å²) in [6, 6.07) is 8.28. The lowest BCUT2D eigenvalue weighted by molar-refractivity contribution is -0.306. The number of hydrogen-bond acceptors (Lipinski definition) is 10. The molecule has 208 valence electrons. The Kier molecular flexibility index (Phi) is 7.35. The molecule has 0 radical (unpaired) electrons. The number of benzene rings is 1. The van der Waals surface area contributed by atoms with E-state index in [4.69, 9.17) is 23.7 Å². The number of aliphatic hydroxyl groups excluding tert-OH is 1. The fourth-order valence-corrected chi connectivity index (χ4v) is 7.02. The number of esters is 4. The number of ether oxygens (including phenoxy) is 5. The van der Waals surface area contributed by atoms with Crippen molar-refractivity contribution in [2.75, 3.05) is 6.61 Å². The number of hydrogen-bond donors (Lipinski definition) is 1. The fraction of sp³-hybridized carbons (Fsp3) is 0.643. The molecule has 0 aromatic heterocycles. The monoisotopic (exact) mass is 532 g/mol. The Morgan fingerprint density at radius 3 is 2.16 bits per heavy atom. The van der Waals surface area contributed by atoms with Crippen LogP contribution in [0.15, 0.2) is 30.3 Å². The highest BCUT2D eigenvalue weighted by molar-refractivity contribution is 5.89. The molecule has 2 aliphatic carbocycles. The van der Waals surface area contributed by atoms with Crippen molar-refractivity contribution >= 4 is 23.9 Å². The third-order valence-electron chi connectivity index (χ3n) is 8.45. The van der Waals surface area contributed by atoms with Gasteiger partial charge in [-0.3, -0.25) is 14.4 Å². The molecule has 0 amide bonds. The third-order valence-corrected chi connectivity index (χ3v) is 8.45. The maximum Gasteiger partial charge on any atom is 0.338 e. The first-order chi connectivity index (χ1) is 17.7. The van der Waals surface area contributed by atoms with Crippen LogP contribution in [-0.2, 0) is 38.1 Å². The van der Waals surface area contributed by atoms with Gasteiger partial charge in [0.05, 0.1) is 22.9 Å². The van der Waals surface area contributed by atoms with Gasteiger partial charge in [0.15, 0.2) is 6.10 Å². The average Bonchev–Trinajstić information content (AvgIpc) is 3.09. The zero-order valence-corrected chi connectivity index (χ0v) is 22.6. The molecule has 1 aromatic rings. The molecule has 3 fully saturated rings. The van der Waals surface area contributed by atoms with Gasteiger partial charge in [-0.1, -0.05) is 25.1 Å². The van der Waals surface area contributed by atoms with Gasteiger partial charge in [-0.25, -0.2) is 4.79 Å². The molecule has 1 aliphatic heterocycles. The molecule has 10 nitrogen and oxygen atoms in total. The van der Waals surface area contributed by atoms with E-state index >= 15 is 0 Å². The van der Waals surface area contributed by atoms with Gasteiger partial charge in [0, 0.05) is 26.7 Å². The van der Waals surface area contributed by atoms with Gasteiger partial charge >= 0.3 is 23.9 Å². The topological polar surface area (TPSA) is 135 Å². The first-order valence-corrected chi connectivity index (χ1v) is 12.9. The molecule has 2 saturated carbocycles. The van der Waals surface area contributed by atoms with Gasteiger partial charge in [-0.05, 0) is 44.7 Å². The van der Waals surface area contributed by atoms with Crippen LogP contribution in [0.3, 0.4) is 0 Å². The second kappa shape index (κ2) is 9.96. The standard InChI is InChI=1S/C28H36O10/c1-15-12-21(32)23(36-18(4)31)27(14-34-16(2)29)24(37-25(33)19-10-8-7-9-11-19)22(35-17(3)30)20-13-28(15,27)38-26(20,5)6/h7-11,15,20-24,32H,12-14H2,1-6H3/t15-,20+,21+,22+,23+,24+,27+,28+/m0/s1. The van der Waals surface area contributed by atoms with Crippen LogP contribution in [0.2, 0.25) is 0 Å². The minimum absolute atomic E-state index is 0.222. The van der Waals surface area contributed by atoms with E-state index in [1.54, 1.807) is 30.3 Å². The zero-order valence-electron chi connectivity index (χ0n) is 22.6. The Morgan fingerprint density at radius 2 is 1.58 bits per heavy atom. The number of carbonyl (C=O) groups excluding carboxylic acids is 4. The summed E-state index contributed by atoms with van der Waals surface area (Å²) >= 11 is 0. The van der Waals surface area contributed by atoms with E-state index < -0.39 is 77.4 Å². The number of rotatable bonds is 6. The van der Waals surface area contributed by atoms with Gasteiger partial charge in [-0.15, -0.1) is 0 Å². The average molecular weight is 533 g/mol. The lowest BCUT2D eigenvalue weighted by atomic mass is 9.48. The molecular weight excluding hydrogens is 496 g/mol. The van der Waals surface area contributed by atoms with Crippen LogP contribution in [0, 0.1) is 17.3 Å². The van der Waals surface area contributed by atoms with Gasteiger partial charge in [0.1, 0.15) is 24.2 Å². The molecule has 1 aromatic carbocycles. The summed E-state index contributed by atoms with van der Waals surface area (Å²) in [6.07, 6.45) is -4.27. The second-order valence-corrected chi connectivity index (χ2v) is 11.2. The van der Waals surface area contributed by atoms with E-state index in [0.717, 1.165) is 0 Å². The minimum Gasteiger partial charge on any atom is -0.465 e. The number of aliphatic hydroxyl groups is 1. The molecule has 3 aliphatic rings. The van der Waals surface area contributed by atoms with Gasteiger partial charge in [0.25, 0.3) is 0 Å². The SMILES string of the molecule is CC(=O)OC[C@@]12[C@H](OC(=O)c3ccccc3)[C@H](OC(C)=O)[C@H]3C[C@@]1(OC3(C)C)[C@@H](C)C[C@@H](O)[C@H]2OC(C)=O. The van der Waals surface area contributed by atoms with Crippen LogP contribution >= 0.6 is 0 Å². The van der Waals surface area contributed by atoms with Gasteiger partial charge < -0.3 is 28.8 Å². The van der Waals surface area contributed by atoms with E-state index in [9.17, 15) is 24.3 Å². The molecule has 1 N–H and O–H groups in total. The predicted molar refractivity (Wildman–Crippen MR) is 132 cm³/mol. The molecule has 10 heteroatoms. The van der Waals surface area contributed by atoms with Crippen molar-refractivity contribution in [3.8, 4) is 0 Å². The molecule has 8 atom stereocenters. The van der Waals surface area contributed by atoms with Gasteiger partial charge in [-0.2, -0.15) is 0 Å². The molecule has 1 saturated heterocycles. The molecular formula is C28H36O10. The highest BCUT2D eigenvalue weighted by atomic mass is 16.6. The normalized spacial score (nSPS) is 36.9. The number of fused-ring (bicyclic) bond motifs is 1. The Morgan fingerprint density at radius 1 is 0.947 bits per heavy atom. The largest absolute Gasteiger partial charge is 0.465 e. The van der Waals surface area contributed by atoms with Crippen molar-refractivity contribution in [1.29, 1.82) is 0 Å². The Bertz CT molecular complexity index is 1100.